The van der Waals surface area contributed by atoms with Crippen molar-refractivity contribution in [2.45, 2.75) is 56.5 Å². The number of carboxylic acids is 1. The number of hydrogen-bond donors (Lipinski definition) is 2. The van der Waals surface area contributed by atoms with Crippen molar-refractivity contribution >= 4 is 29.6 Å². The van der Waals surface area contributed by atoms with Crippen molar-refractivity contribution in [2.75, 3.05) is 18.6 Å². The van der Waals surface area contributed by atoms with Crippen molar-refractivity contribution in [3.05, 3.63) is 11.8 Å². The highest BCUT2D eigenvalue weighted by atomic mass is 32.2. The zero-order valence-corrected chi connectivity index (χ0v) is 15.9. The van der Waals surface area contributed by atoms with Crippen LogP contribution in [0.15, 0.2) is 11.4 Å². The molecule has 0 saturated heterocycles. The number of hydrogen-bond acceptors (Lipinski definition) is 7. The summed E-state index contributed by atoms with van der Waals surface area (Å²) in [5.41, 5.74) is -0.486. The van der Waals surface area contributed by atoms with Crippen molar-refractivity contribution < 1.29 is 19.4 Å². The van der Waals surface area contributed by atoms with Gasteiger partial charge >= 0.3 is 12.1 Å². The molecule has 2 N–H and O–H groups in total. The molecule has 1 amide bonds. The third-order valence-corrected chi connectivity index (χ3v) is 4.42. The first-order chi connectivity index (χ1) is 11.6. The predicted octanol–water partition coefficient (Wildman–Crippen LogP) is 2.71. The molecule has 1 aromatic heterocycles. The second kappa shape index (κ2) is 7.47. The van der Waals surface area contributed by atoms with E-state index in [1.807, 2.05) is 27.0 Å². The first-order valence-electron chi connectivity index (χ1n) is 7.97. The summed E-state index contributed by atoms with van der Waals surface area (Å²) >= 11 is 1.35. The van der Waals surface area contributed by atoms with Gasteiger partial charge in [0.2, 0.25) is 0 Å². The highest BCUT2D eigenvalue weighted by Gasteiger charge is 2.36. The van der Waals surface area contributed by atoms with Gasteiger partial charge in [-0.2, -0.15) is 0 Å². The van der Waals surface area contributed by atoms with Gasteiger partial charge < -0.3 is 20.1 Å². The van der Waals surface area contributed by atoms with Crippen molar-refractivity contribution in [1.29, 1.82) is 0 Å². The maximum absolute atomic E-state index is 12.1. The monoisotopic (exact) mass is 368 g/mol. The van der Waals surface area contributed by atoms with Crippen molar-refractivity contribution in [3.8, 4) is 0 Å². The summed E-state index contributed by atoms with van der Waals surface area (Å²) in [6.45, 7) is 5.49. The van der Waals surface area contributed by atoms with E-state index in [1.54, 1.807) is 11.9 Å². The van der Waals surface area contributed by atoms with Gasteiger partial charge in [0.25, 0.3) is 0 Å². The van der Waals surface area contributed by atoms with Gasteiger partial charge in [-0.15, -0.1) is 0 Å². The van der Waals surface area contributed by atoms with E-state index in [-0.39, 0.29) is 23.7 Å². The van der Waals surface area contributed by atoms with Crippen LogP contribution in [0.4, 0.5) is 10.6 Å². The molecule has 138 valence electrons. The number of carbonyl (C=O) groups excluding carboxylic acids is 1. The fourth-order valence-electron chi connectivity index (χ4n) is 2.43. The zero-order valence-electron chi connectivity index (χ0n) is 15.1. The SMILES string of the molecule is CSc1ncc(C(=O)O)c(NC2CC(N(C)C(=O)OC(C)(C)C)C2)n1. The van der Waals surface area contributed by atoms with Gasteiger partial charge in [0.15, 0.2) is 5.16 Å². The quantitative estimate of drug-likeness (QED) is 0.604. The Kier molecular flexibility index (Phi) is 5.76. The van der Waals surface area contributed by atoms with Crippen LogP contribution in [-0.2, 0) is 4.74 Å². The van der Waals surface area contributed by atoms with Crippen molar-refractivity contribution in [3.63, 3.8) is 0 Å². The molecule has 0 aromatic carbocycles. The molecule has 8 nitrogen and oxygen atoms in total. The van der Waals surface area contributed by atoms with E-state index in [0.717, 1.165) is 0 Å². The van der Waals surface area contributed by atoms with Crippen molar-refractivity contribution in [2.24, 2.45) is 0 Å². The molecule has 1 aliphatic carbocycles. The minimum atomic E-state index is -1.07. The van der Waals surface area contributed by atoms with Crippen LogP contribution < -0.4 is 5.32 Å². The van der Waals surface area contributed by atoms with E-state index in [9.17, 15) is 14.7 Å². The molecule has 0 bridgehead atoms. The minimum absolute atomic E-state index is 0.0433. The van der Waals surface area contributed by atoms with Crippen LogP contribution in [0.1, 0.15) is 44.0 Å². The number of aromatic carboxylic acids is 1. The Balaban J connectivity index is 1.95. The summed E-state index contributed by atoms with van der Waals surface area (Å²) < 4.78 is 5.36. The van der Waals surface area contributed by atoms with E-state index < -0.39 is 11.6 Å². The standard InChI is InChI=1S/C16H24N4O4S/c1-16(2,3)24-15(23)20(4)10-6-9(7-10)18-12-11(13(21)22)8-17-14(19-12)25-5/h8-10H,6-7H2,1-5H3,(H,21,22)(H,17,18,19). The number of ether oxygens (including phenoxy) is 1. The maximum atomic E-state index is 12.1. The molecule has 0 unspecified atom stereocenters. The topological polar surface area (TPSA) is 105 Å². The number of carboxylic acid groups (broad SMARTS) is 1. The van der Waals surface area contributed by atoms with Crippen LogP contribution in [-0.4, -0.2) is 63.0 Å². The van der Waals surface area contributed by atoms with Gasteiger partial charge in [-0.05, 0) is 39.9 Å². The zero-order chi connectivity index (χ0) is 18.8. The summed E-state index contributed by atoms with van der Waals surface area (Å²) in [6.07, 6.45) is 4.19. The molecule has 1 fully saturated rings. The molecule has 1 saturated carbocycles. The van der Waals surface area contributed by atoms with E-state index >= 15 is 0 Å². The number of amides is 1. The first kappa shape index (κ1) is 19.3. The molecule has 0 radical (unpaired) electrons. The minimum Gasteiger partial charge on any atom is -0.477 e. The summed E-state index contributed by atoms with van der Waals surface area (Å²) in [5, 5.41) is 12.9. The molecule has 25 heavy (non-hydrogen) atoms. The van der Waals surface area contributed by atoms with Crippen LogP contribution >= 0.6 is 11.8 Å². The third-order valence-electron chi connectivity index (χ3n) is 3.86. The Hall–Kier alpha value is -2.03. The van der Waals surface area contributed by atoms with Crippen LogP contribution in [0, 0.1) is 0 Å². The fourth-order valence-corrected chi connectivity index (χ4v) is 2.77. The number of carbonyl (C=O) groups is 2. The third kappa shape index (κ3) is 4.97. The van der Waals surface area contributed by atoms with E-state index in [4.69, 9.17) is 4.74 Å². The van der Waals surface area contributed by atoms with Crippen LogP contribution in [0.2, 0.25) is 0 Å². The number of nitrogens with zero attached hydrogens (tertiary/aromatic N) is 3. The maximum Gasteiger partial charge on any atom is 0.410 e. The number of anilines is 1. The molecule has 0 spiro atoms. The summed E-state index contributed by atoms with van der Waals surface area (Å²) in [4.78, 5) is 33.2. The molecule has 0 aliphatic heterocycles. The van der Waals surface area contributed by atoms with Gasteiger partial charge in [0.1, 0.15) is 17.0 Å². The summed E-state index contributed by atoms with van der Waals surface area (Å²) in [5.74, 6) is -0.757. The molecule has 2 rings (SSSR count). The average molecular weight is 368 g/mol. The lowest BCUT2D eigenvalue weighted by molar-refractivity contribution is 0.0132. The largest absolute Gasteiger partial charge is 0.477 e. The average Bonchev–Trinajstić information content (AvgIpc) is 2.47. The highest BCUT2D eigenvalue weighted by Crippen LogP contribution is 2.29. The smallest absolute Gasteiger partial charge is 0.410 e. The molecular formula is C16H24N4O4S. The summed E-state index contributed by atoms with van der Waals surface area (Å²) in [6, 6.07) is 0.111. The van der Waals surface area contributed by atoms with Gasteiger partial charge in [-0.3, -0.25) is 0 Å². The van der Waals surface area contributed by atoms with E-state index in [1.165, 1.54) is 18.0 Å². The second-order valence-electron chi connectivity index (χ2n) is 6.98. The summed E-state index contributed by atoms with van der Waals surface area (Å²) in [7, 11) is 1.72. The van der Waals surface area contributed by atoms with Gasteiger partial charge in [-0.1, -0.05) is 11.8 Å². The number of nitrogens with one attached hydrogen (secondary N) is 1. The Labute approximate surface area is 151 Å². The fraction of sp³-hybridized carbons (Fsp3) is 0.625. The molecular weight excluding hydrogens is 344 g/mol. The lowest BCUT2D eigenvalue weighted by atomic mass is 9.86. The predicted molar refractivity (Wildman–Crippen MR) is 95.2 cm³/mol. The van der Waals surface area contributed by atoms with Crippen LogP contribution in [0.5, 0.6) is 0 Å². The van der Waals surface area contributed by atoms with Crippen LogP contribution in [0.25, 0.3) is 0 Å². The van der Waals surface area contributed by atoms with Gasteiger partial charge in [0.05, 0.1) is 0 Å². The highest BCUT2D eigenvalue weighted by molar-refractivity contribution is 7.98. The Bertz CT molecular complexity index is 656. The molecule has 1 aliphatic rings. The number of thioether (sulfide) groups is 1. The van der Waals surface area contributed by atoms with E-state index in [0.29, 0.717) is 23.8 Å². The second-order valence-corrected chi connectivity index (χ2v) is 7.76. The molecule has 1 heterocycles. The number of aromatic nitrogens is 2. The van der Waals surface area contributed by atoms with E-state index in [2.05, 4.69) is 15.3 Å². The molecule has 9 heteroatoms. The van der Waals surface area contributed by atoms with Gasteiger partial charge in [-0.25, -0.2) is 19.6 Å². The number of rotatable bonds is 5. The van der Waals surface area contributed by atoms with Crippen LogP contribution in [0.3, 0.4) is 0 Å². The van der Waals surface area contributed by atoms with Crippen molar-refractivity contribution in [1.82, 2.24) is 14.9 Å². The Morgan fingerprint density at radius 2 is 2.04 bits per heavy atom. The molecule has 1 aromatic rings. The Morgan fingerprint density at radius 1 is 1.40 bits per heavy atom. The lowest BCUT2D eigenvalue weighted by Gasteiger charge is -2.41. The first-order valence-corrected chi connectivity index (χ1v) is 9.20. The van der Waals surface area contributed by atoms with Gasteiger partial charge in [0, 0.05) is 25.3 Å². The Morgan fingerprint density at radius 3 is 2.56 bits per heavy atom. The normalized spacial score (nSPS) is 19.7. The lowest BCUT2D eigenvalue weighted by Crippen LogP contribution is -2.51. The molecule has 0 atom stereocenters.